The van der Waals surface area contributed by atoms with Crippen LogP contribution in [-0.2, 0) is 10.5 Å². The number of rotatable bonds is 3. The third-order valence-corrected chi connectivity index (χ3v) is 2.57. The van der Waals surface area contributed by atoms with Gasteiger partial charge in [0.15, 0.2) is 0 Å². The van der Waals surface area contributed by atoms with Gasteiger partial charge in [-0.3, -0.25) is 4.79 Å². The second kappa shape index (κ2) is 4.27. The van der Waals surface area contributed by atoms with Gasteiger partial charge in [0.05, 0.1) is 5.56 Å². The fourth-order valence-corrected chi connectivity index (χ4v) is 1.61. The molecule has 6 heteroatoms. The van der Waals surface area contributed by atoms with E-state index in [9.17, 15) is 22.4 Å². The van der Waals surface area contributed by atoms with Gasteiger partial charge in [0.25, 0.3) is 5.66 Å². The van der Waals surface area contributed by atoms with Crippen molar-refractivity contribution in [3.05, 3.63) is 34.9 Å². The molecule has 0 heterocycles. The molecule has 0 radical (unpaired) electrons. The maximum Gasteiger partial charge on any atom is 0.299 e. The molecule has 0 N–H and O–H groups in total. The minimum Gasteiger partial charge on any atom is -0.298 e. The van der Waals surface area contributed by atoms with Crippen molar-refractivity contribution in [2.24, 2.45) is 0 Å². The lowest BCUT2D eigenvalue weighted by molar-refractivity contribution is 0.0925. The first-order valence-electron chi connectivity index (χ1n) is 3.94. The fourth-order valence-electron chi connectivity index (χ4n) is 1.09. The van der Waals surface area contributed by atoms with Crippen LogP contribution in [0.5, 0.6) is 0 Å². The third-order valence-electron chi connectivity index (χ3n) is 1.84. The highest BCUT2D eigenvalue weighted by Crippen LogP contribution is 2.45. The predicted molar refractivity (Wildman–Crippen MR) is 50.1 cm³/mol. The van der Waals surface area contributed by atoms with Gasteiger partial charge in [0, 0.05) is 8.58 Å². The molecule has 82 valence electrons. The van der Waals surface area contributed by atoms with E-state index in [0.29, 0.717) is 0 Å². The minimum atomic E-state index is -3.78. The molecule has 0 saturated heterocycles. The molecule has 0 aromatic heterocycles. The lowest BCUT2D eigenvalue weighted by Crippen LogP contribution is -2.13. The summed E-state index contributed by atoms with van der Waals surface area (Å²) in [6.45, 7) is 1.25. The smallest absolute Gasteiger partial charge is 0.298 e. The molecule has 0 aliphatic rings. The summed E-state index contributed by atoms with van der Waals surface area (Å²) in [5.41, 5.74) is -5.18. The maximum atomic E-state index is 13.2. The van der Waals surface area contributed by atoms with E-state index in [2.05, 4.69) is 0 Å². The first-order chi connectivity index (χ1) is 6.90. The summed E-state index contributed by atoms with van der Waals surface area (Å²) in [6.07, 6.45) is 0. The zero-order valence-corrected chi connectivity index (χ0v) is 8.65. The Morgan fingerprint density at radius 2 is 1.93 bits per heavy atom. The number of halogens is 4. The molecule has 1 atom stereocenters. The monoisotopic (exact) mass is 238 g/mol. The zero-order valence-electron chi connectivity index (χ0n) is 7.65. The minimum absolute atomic E-state index is 0.0405. The molecule has 1 unspecified atom stereocenters. The molecular weight excluding hydrogens is 231 g/mol. The van der Waals surface area contributed by atoms with Crippen molar-refractivity contribution in [3.63, 3.8) is 0 Å². The lowest BCUT2D eigenvalue weighted by Gasteiger charge is -2.16. The van der Waals surface area contributed by atoms with Gasteiger partial charge in [-0.15, -0.1) is 0 Å². The number of benzene rings is 1. The van der Waals surface area contributed by atoms with Crippen molar-refractivity contribution in [2.75, 3.05) is 0 Å². The van der Waals surface area contributed by atoms with Crippen molar-refractivity contribution in [1.29, 1.82) is 0 Å². The van der Waals surface area contributed by atoms with E-state index in [1.807, 2.05) is 0 Å². The number of carbonyl (C=O) groups is 1. The number of hydrogen-bond acceptors (Lipinski definition) is 1. The van der Waals surface area contributed by atoms with Gasteiger partial charge in [-0.1, -0.05) is 6.07 Å². The molecule has 0 saturated carbocycles. The summed E-state index contributed by atoms with van der Waals surface area (Å²) in [5, 5.41) is 0. The van der Waals surface area contributed by atoms with E-state index in [1.54, 1.807) is 0 Å². The molecule has 1 nitrogen and oxygen atoms in total. The van der Waals surface area contributed by atoms with Crippen molar-refractivity contribution in [2.45, 2.75) is 12.6 Å². The van der Waals surface area contributed by atoms with Crippen molar-refractivity contribution in [1.82, 2.24) is 0 Å². The number of alkyl halides is 2. The zero-order chi connectivity index (χ0) is 11.6. The topological polar surface area (TPSA) is 17.1 Å². The van der Waals surface area contributed by atoms with Gasteiger partial charge in [-0.2, -0.15) is 8.78 Å². The summed E-state index contributed by atoms with van der Waals surface area (Å²) < 4.78 is 52.6. The van der Waals surface area contributed by atoms with E-state index < -0.39 is 31.4 Å². The first kappa shape index (κ1) is 12.1. The quantitative estimate of drug-likeness (QED) is 0.449. The van der Waals surface area contributed by atoms with E-state index >= 15 is 0 Å². The number of aryl methyl sites for hydroxylation is 1. The van der Waals surface area contributed by atoms with Gasteiger partial charge < -0.3 is 0 Å². The Morgan fingerprint density at radius 1 is 1.33 bits per heavy atom. The van der Waals surface area contributed by atoms with Crippen LogP contribution >= 0.6 is 8.58 Å². The summed E-state index contributed by atoms with van der Waals surface area (Å²) in [7, 11) is -1.49. The first-order valence-corrected chi connectivity index (χ1v) is 5.02. The average molecular weight is 238 g/mol. The van der Waals surface area contributed by atoms with Gasteiger partial charge in [-0.25, -0.2) is 8.78 Å². The highest BCUT2D eigenvalue weighted by Gasteiger charge is 2.37. The van der Waals surface area contributed by atoms with E-state index in [4.69, 9.17) is 0 Å². The molecule has 0 aliphatic heterocycles. The summed E-state index contributed by atoms with van der Waals surface area (Å²) in [5.74, 6) is -2.63. The molecular formula is C9H7F4OP. The summed E-state index contributed by atoms with van der Waals surface area (Å²) in [4.78, 5) is 9.99. The Balaban J connectivity index is 3.35. The molecule has 0 spiro atoms. The SMILES string of the molecule is Cc1ccc(F)c(C(F)(F)PC=O)c1F. The second-order valence-electron chi connectivity index (χ2n) is 2.89. The van der Waals surface area contributed by atoms with Crippen LogP contribution in [0.3, 0.4) is 0 Å². The van der Waals surface area contributed by atoms with Gasteiger partial charge in [-0.05, 0) is 18.6 Å². The van der Waals surface area contributed by atoms with Crippen LogP contribution in [0.1, 0.15) is 11.1 Å². The largest absolute Gasteiger partial charge is 0.299 e. The second-order valence-corrected chi connectivity index (χ2v) is 4.04. The Kier molecular flexibility index (Phi) is 3.45. The van der Waals surface area contributed by atoms with Crippen molar-refractivity contribution < 1.29 is 22.4 Å². The molecule has 1 aromatic rings. The van der Waals surface area contributed by atoms with Crippen LogP contribution < -0.4 is 0 Å². The van der Waals surface area contributed by atoms with Gasteiger partial charge in [0.2, 0.25) is 0 Å². The molecule has 0 aliphatic carbocycles. The highest BCUT2D eigenvalue weighted by atomic mass is 31.1. The van der Waals surface area contributed by atoms with Gasteiger partial charge >= 0.3 is 0 Å². The van der Waals surface area contributed by atoms with Crippen LogP contribution in [0.4, 0.5) is 17.6 Å². The van der Waals surface area contributed by atoms with Crippen LogP contribution in [0.2, 0.25) is 0 Å². The molecule has 15 heavy (non-hydrogen) atoms. The predicted octanol–water partition coefficient (Wildman–Crippen LogP) is 3.19. The summed E-state index contributed by atoms with van der Waals surface area (Å²) >= 11 is 0. The average Bonchev–Trinajstić information content (AvgIpc) is 2.11. The Hall–Kier alpha value is -0.960. The molecule has 0 fully saturated rings. The highest BCUT2D eigenvalue weighted by molar-refractivity contribution is 7.55. The number of carbonyl (C=O) groups excluding carboxylic acids is 1. The Labute approximate surface area is 85.3 Å². The standard InChI is InChI=1S/C9H7F4OP/c1-5-2-3-6(10)7(8(5)11)9(12,13)15-4-14/h2-4,15H,1H3. The van der Waals surface area contributed by atoms with Crippen molar-refractivity contribution >= 4 is 14.6 Å². The van der Waals surface area contributed by atoms with Crippen LogP contribution in [-0.4, -0.2) is 6.03 Å². The van der Waals surface area contributed by atoms with E-state index in [1.165, 1.54) is 6.92 Å². The van der Waals surface area contributed by atoms with E-state index in [0.717, 1.165) is 12.1 Å². The fraction of sp³-hybridized carbons (Fsp3) is 0.222. The Morgan fingerprint density at radius 3 is 2.47 bits per heavy atom. The molecule has 1 aromatic carbocycles. The van der Waals surface area contributed by atoms with E-state index in [-0.39, 0.29) is 11.6 Å². The molecule has 0 bridgehead atoms. The van der Waals surface area contributed by atoms with Crippen LogP contribution in [0.25, 0.3) is 0 Å². The number of hydrogen-bond donors (Lipinski definition) is 0. The summed E-state index contributed by atoms with van der Waals surface area (Å²) in [6, 6.07) is 1.78. The maximum absolute atomic E-state index is 13.2. The molecule has 0 amide bonds. The Bertz CT molecular complexity index is 392. The molecule has 1 rings (SSSR count). The normalized spacial score (nSPS) is 12.3. The third kappa shape index (κ3) is 2.34. The van der Waals surface area contributed by atoms with Crippen LogP contribution in [0, 0.1) is 18.6 Å². The van der Waals surface area contributed by atoms with Crippen LogP contribution in [0.15, 0.2) is 12.1 Å². The van der Waals surface area contributed by atoms with Gasteiger partial charge in [0.1, 0.15) is 17.7 Å². The lowest BCUT2D eigenvalue weighted by atomic mass is 10.1. The van der Waals surface area contributed by atoms with Crippen molar-refractivity contribution in [3.8, 4) is 0 Å².